The molecule has 0 amide bonds. The van der Waals surface area contributed by atoms with Crippen molar-refractivity contribution < 1.29 is 8.42 Å². The first-order valence-electron chi connectivity index (χ1n) is 6.29. The first kappa shape index (κ1) is 17.0. The first-order valence-corrected chi connectivity index (χ1v) is 8.15. The van der Waals surface area contributed by atoms with E-state index in [0.717, 1.165) is 0 Å². The molecule has 0 aliphatic carbocycles. The molecule has 1 aromatic carbocycles. The highest BCUT2D eigenvalue weighted by molar-refractivity contribution is 7.89. The van der Waals surface area contributed by atoms with Crippen LogP contribution in [0.1, 0.15) is 33.3 Å². The highest BCUT2D eigenvalue weighted by Gasteiger charge is 2.25. The second-order valence-electron chi connectivity index (χ2n) is 5.72. The predicted molar refractivity (Wildman–Crippen MR) is 80.0 cm³/mol. The molecule has 1 rings (SSSR count). The first-order chi connectivity index (χ1) is 9.10. The second-order valence-corrected chi connectivity index (χ2v) is 7.90. The van der Waals surface area contributed by atoms with Gasteiger partial charge in [-0.3, -0.25) is 0 Å². The van der Waals surface area contributed by atoms with Crippen molar-refractivity contribution in [3.63, 3.8) is 0 Å². The van der Waals surface area contributed by atoms with Crippen LogP contribution in [0.25, 0.3) is 0 Å². The fourth-order valence-electron chi connectivity index (χ4n) is 1.32. The van der Waals surface area contributed by atoms with Crippen LogP contribution in [0.2, 0.25) is 5.02 Å². The fourth-order valence-corrected chi connectivity index (χ4v) is 2.86. The van der Waals surface area contributed by atoms with Gasteiger partial charge in [0.15, 0.2) is 0 Å². The molecule has 0 aliphatic heterocycles. The molecular formula is C14H19ClN2O2S. The van der Waals surface area contributed by atoms with E-state index in [-0.39, 0.29) is 20.9 Å². The third-order valence-electron chi connectivity index (χ3n) is 3.65. The molecule has 110 valence electrons. The van der Waals surface area contributed by atoms with Crippen molar-refractivity contribution in [1.82, 2.24) is 4.72 Å². The molecule has 0 spiro atoms. The molecule has 1 N–H and O–H groups in total. The zero-order chi connectivity index (χ0) is 15.6. The maximum absolute atomic E-state index is 12.2. The van der Waals surface area contributed by atoms with Gasteiger partial charge in [-0.25, -0.2) is 13.1 Å². The van der Waals surface area contributed by atoms with Gasteiger partial charge in [-0.1, -0.05) is 39.3 Å². The Morgan fingerprint density at radius 1 is 1.40 bits per heavy atom. The van der Waals surface area contributed by atoms with E-state index in [1.165, 1.54) is 18.2 Å². The highest BCUT2D eigenvalue weighted by Crippen LogP contribution is 2.26. The molecule has 0 radical (unpaired) electrons. The van der Waals surface area contributed by atoms with E-state index < -0.39 is 10.0 Å². The maximum Gasteiger partial charge on any atom is 0.240 e. The SMILES string of the molecule is CC(C)C(C)(C)CNS(=O)(=O)c1ccc(C#N)c(Cl)c1. The molecule has 0 saturated carbocycles. The lowest BCUT2D eigenvalue weighted by Gasteiger charge is -2.29. The van der Waals surface area contributed by atoms with E-state index in [0.29, 0.717) is 12.5 Å². The van der Waals surface area contributed by atoms with Crippen LogP contribution >= 0.6 is 11.6 Å². The lowest BCUT2D eigenvalue weighted by Crippen LogP contribution is -2.36. The second kappa shape index (κ2) is 6.13. The Bertz CT molecular complexity index is 631. The summed E-state index contributed by atoms with van der Waals surface area (Å²) in [6.07, 6.45) is 0. The highest BCUT2D eigenvalue weighted by atomic mass is 35.5. The summed E-state index contributed by atoms with van der Waals surface area (Å²) in [6.45, 7) is 8.45. The third-order valence-corrected chi connectivity index (χ3v) is 5.36. The molecule has 0 fully saturated rings. The molecule has 0 unspecified atom stereocenters. The van der Waals surface area contributed by atoms with Gasteiger partial charge in [0.2, 0.25) is 10.0 Å². The minimum Gasteiger partial charge on any atom is -0.211 e. The van der Waals surface area contributed by atoms with E-state index in [1.54, 1.807) is 0 Å². The Morgan fingerprint density at radius 2 is 2.00 bits per heavy atom. The topological polar surface area (TPSA) is 70.0 Å². The van der Waals surface area contributed by atoms with Crippen molar-refractivity contribution in [2.24, 2.45) is 11.3 Å². The summed E-state index contributed by atoms with van der Waals surface area (Å²) in [6, 6.07) is 5.99. The number of benzene rings is 1. The summed E-state index contributed by atoms with van der Waals surface area (Å²) >= 11 is 5.86. The molecule has 0 aromatic heterocycles. The standard InChI is InChI=1S/C14H19ClN2O2S/c1-10(2)14(3,4)9-17-20(18,19)12-6-5-11(8-16)13(15)7-12/h5-7,10,17H,9H2,1-4H3. The number of sulfonamides is 1. The number of hydrogen-bond acceptors (Lipinski definition) is 3. The number of hydrogen-bond donors (Lipinski definition) is 1. The van der Waals surface area contributed by atoms with Crippen molar-refractivity contribution in [3.8, 4) is 6.07 Å². The van der Waals surface area contributed by atoms with Crippen molar-refractivity contribution in [2.75, 3.05) is 6.54 Å². The molecule has 20 heavy (non-hydrogen) atoms. The van der Waals surface area contributed by atoms with Gasteiger partial charge in [0.25, 0.3) is 0 Å². The molecule has 1 aromatic rings. The normalized spacial score (nSPS) is 12.4. The van der Waals surface area contributed by atoms with Crippen LogP contribution in [0.3, 0.4) is 0 Å². The third kappa shape index (κ3) is 3.95. The summed E-state index contributed by atoms with van der Waals surface area (Å²) in [7, 11) is -3.62. The molecule has 0 heterocycles. The van der Waals surface area contributed by atoms with Crippen molar-refractivity contribution >= 4 is 21.6 Å². The van der Waals surface area contributed by atoms with E-state index in [9.17, 15) is 8.42 Å². The zero-order valence-electron chi connectivity index (χ0n) is 12.1. The van der Waals surface area contributed by atoms with E-state index in [4.69, 9.17) is 16.9 Å². The number of nitriles is 1. The van der Waals surface area contributed by atoms with Crippen LogP contribution in [0.4, 0.5) is 0 Å². The molecule has 4 nitrogen and oxygen atoms in total. The van der Waals surface area contributed by atoms with Gasteiger partial charge in [-0.15, -0.1) is 0 Å². The summed E-state index contributed by atoms with van der Waals surface area (Å²) in [5, 5.41) is 8.92. The number of halogens is 1. The van der Waals surface area contributed by atoms with Crippen LogP contribution in [-0.2, 0) is 10.0 Å². The van der Waals surface area contributed by atoms with Gasteiger partial charge in [-0.2, -0.15) is 5.26 Å². The monoisotopic (exact) mass is 314 g/mol. The summed E-state index contributed by atoms with van der Waals surface area (Å²) < 4.78 is 27.0. The van der Waals surface area contributed by atoms with Crippen molar-refractivity contribution in [2.45, 2.75) is 32.6 Å². The predicted octanol–water partition coefficient (Wildman–Crippen LogP) is 3.17. The van der Waals surface area contributed by atoms with E-state index in [2.05, 4.69) is 4.72 Å². The smallest absolute Gasteiger partial charge is 0.211 e. The van der Waals surface area contributed by atoms with Crippen LogP contribution in [0.15, 0.2) is 23.1 Å². The van der Waals surface area contributed by atoms with Gasteiger partial charge in [0.05, 0.1) is 15.5 Å². The average molecular weight is 315 g/mol. The van der Waals surface area contributed by atoms with Crippen LogP contribution < -0.4 is 4.72 Å². The maximum atomic E-state index is 12.2. The molecule has 0 bridgehead atoms. The Hall–Kier alpha value is -1.09. The molecule has 0 saturated heterocycles. The zero-order valence-corrected chi connectivity index (χ0v) is 13.6. The molecule has 0 aliphatic rings. The quantitative estimate of drug-likeness (QED) is 0.907. The lowest BCUT2D eigenvalue weighted by molar-refractivity contribution is 0.252. The van der Waals surface area contributed by atoms with Gasteiger partial charge in [0.1, 0.15) is 6.07 Å². The Kier molecular flexibility index (Phi) is 5.20. The molecule has 0 atom stereocenters. The van der Waals surface area contributed by atoms with Crippen molar-refractivity contribution in [3.05, 3.63) is 28.8 Å². The van der Waals surface area contributed by atoms with Gasteiger partial charge in [-0.05, 0) is 29.5 Å². The van der Waals surface area contributed by atoms with Crippen LogP contribution in [0, 0.1) is 22.7 Å². The largest absolute Gasteiger partial charge is 0.240 e. The van der Waals surface area contributed by atoms with Gasteiger partial charge < -0.3 is 0 Å². The number of nitrogens with zero attached hydrogens (tertiary/aromatic N) is 1. The molecule has 6 heteroatoms. The van der Waals surface area contributed by atoms with Crippen LogP contribution in [0.5, 0.6) is 0 Å². The average Bonchev–Trinajstić information content (AvgIpc) is 2.36. The Morgan fingerprint density at radius 3 is 2.45 bits per heavy atom. The van der Waals surface area contributed by atoms with Gasteiger partial charge in [0, 0.05) is 6.54 Å². The Balaban J connectivity index is 2.96. The number of rotatable bonds is 5. The lowest BCUT2D eigenvalue weighted by atomic mass is 9.81. The summed E-state index contributed by atoms with van der Waals surface area (Å²) in [5.41, 5.74) is 0.108. The van der Waals surface area contributed by atoms with E-state index >= 15 is 0 Å². The molecular weight excluding hydrogens is 296 g/mol. The fraction of sp³-hybridized carbons (Fsp3) is 0.500. The Labute approximate surface area is 125 Å². The van der Waals surface area contributed by atoms with Gasteiger partial charge >= 0.3 is 0 Å². The summed E-state index contributed by atoms with van der Waals surface area (Å²) in [4.78, 5) is 0.0704. The number of nitrogens with one attached hydrogen (secondary N) is 1. The van der Waals surface area contributed by atoms with Crippen LogP contribution in [-0.4, -0.2) is 15.0 Å². The van der Waals surface area contributed by atoms with Crippen molar-refractivity contribution in [1.29, 1.82) is 5.26 Å². The van der Waals surface area contributed by atoms with E-state index in [1.807, 2.05) is 33.8 Å². The minimum absolute atomic E-state index is 0.0704. The minimum atomic E-state index is -3.62. The summed E-state index contributed by atoms with van der Waals surface area (Å²) in [5.74, 6) is 0.342.